The number of amides is 1. The fourth-order valence-corrected chi connectivity index (χ4v) is 2.90. The molecule has 25 heavy (non-hydrogen) atoms. The minimum atomic E-state index is -0.0175. The van der Waals surface area contributed by atoms with E-state index in [0.717, 1.165) is 37.2 Å². The number of rotatable bonds is 5. The molecule has 0 atom stereocenters. The molecule has 132 valence electrons. The van der Waals surface area contributed by atoms with Crippen LogP contribution < -0.4 is 10.1 Å². The molecule has 0 radical (unpaired) electrons. The lowest BCUT2D eigenvalue weighted by molar-refractivity contribution is 0.0755. The van der Waals surface area contributed by atoms with Gasteiger partial charge in [-0.05, 0) is 30.5 Å². The number of hydrogen-bond donors (Lipinski definition) is 1. The summed E-state index contributed by atoms with van der Waals surface area (Å²) in [5.74, 6) is 1.47. The van der Waals surface area contributed by atoms with Gasteiger partial charge in [0, 0.05) is 19.6 Å². The van der Waals surface area contributed by atoms with Crippen LogP contribution in [0.15, 0.2) is 36.7 Å². The average Bonchev–Trinajstić information content (AvgIpc) is 2.96. The Kier molecular flexibility index (Phi) is 5.82. The second-order valence-corrected chi connectivity index (χ2v) is 6.19. The van der Waals surface area contributed by atoms with Crippen LogP contribution in [0.25, 0.3) is 0 Å². The molecule has 6 nitrogen and oxygen atoms in total. The van der Waals surface area contributed by atoms with Gasteiger partial charge in [0.2, 0.25) is 0 Å². The smallest absolute Gasteiger partial charge is 0.274 e. The Bertz CT molecular complexity index is 678. The molecule has 2 aromatic rings. The molecule has 3 rings (SSSR count). The van der Waals surface area contributed by atoms with Crippen LogP contribution in [-0.2, 0) is 6.54 Å². The van der Waals surface area contributed by atoms with Crippen molar-refractivity contribution in [2.45, 2.75) is 32.2 Å². The zero-order valence-electron chi connectivity index (χ0n) is 14.6. The van der Waals surface area contributed by atoms with E-state index in [0.29, 0.717) is 18.1 Å². The second-order valence-electron chi connectivity index (χ2n) is 6.19. The summed E-state index contributed by atoms with van der Waals surface area (Å²) in [6.07, 6.45) is 7.72. The van der Waals surface area contributed by atoms with Gasteiger partial charge >= 0.3 is 0 Å². The van der Waals surface area contributed by atoms with Crippen molar-refractivity contribution < 1.29 is 9.53 Å². The van der Waals surface area contributed by atoms with Crippen LogP contribution >= 0.6 is 0 Å². The van der Waals surface area contributed by atoms with Crippen LogP contribution in [0.2, 0.25) is 0 Å². The van der Waals surface area contributed by atoms with E-state index in [2.05, 4.69) is 15.3 Å². The number of carbonyl (C=O) groups excluding carboxylic acids is 1. The summed E-state index contributed by atoms with van der Waals surface area (Å²) in [7, 11) is 1.65. The summed E-state index contributed by atoms with van der Waals surface area (Å²) in [6, 6.07) is 7.84. The third-order valence-corrected chi connectivity index (χ3v) is 4.40. The van der Waals surface area contributed by atoms with Crippen LogP contribution in [0, 0.1) is 0 Å². The van der Waals surface area contributed by atoms with Crippen LogP contribution in [0.5, 0.6) is 5.75 Å². The van der Waals surface area contributed by atoms with Crippen molar-refractivity contribution in [2.24, 2.45) is 0 Å². The Morgan fingerprint density at radius 3 is 2.40 bits per heavy atom. The summed E-state index contributed by atoms with van der Waals surface area (Å²) >= 11 is 0. The van der Waals surface area contributed by atoms with Gasteiger partial charge in [-0.1, -0.05) is 25.0 Å². The number of nitrogens with zero attached hydrogens (tertiary/aromatic N) is 3. The summed E-state index contributed by atoms with van der Waals surface area (Å²) in [5, 5.41) is 3.21. The van der Waals surface area contributed by atoms with Gasteiger partial charge in [0.15, 0.2) is 0 Å². The Morgan fingerprint density at radius 2 is 1.80 bits per heavy atom. The number of benzene rings is 1. The molecule has 0 bridgehead atoms. The van der Waals surface area contributed by atoms with E-state index in [1.54, 1.807) is 19.5 Å². The van der Waals surface area contributed by atoms with Crippen LogP contribution in [0.4, 0.5) is 5.82 Å². The lowest BCUT2D eigenvalue weighted by Crippen LogP contribution is -2.32. The van der Waals surface area contributed by atoms with E-state index in [1.165, 1.54) is 12.8 Å². The molecule has 1 aliphatic rings. The lowest BCUT2D eigenvalue weighted by Gasteiger charge is -2.19. The second kappa shape index (κ2) is 8.46. The van der Waals surface area contributed by atoms with Crippen molar-refractivity contribution in [1.29, 1.82) is 0 Å². The molecule has 0 saturated carbocycles. The molecule has 6 heteroatoms. The molecular weight excluding hydrogens is 316 g/mol. The first kappa shape index (κ1) is 17.2. The first-order valence-electron chi connectivity index (χ1n) is 8.74. The molecule has 0 spiro atoms. The standard InChI is InChI=1S/C19H24N4O2/c1-25-16-8-6-15(7-9-16)12-21-18-14-20-17(13-22-18)19(24)23-10-4-2-3-5-11-23/h6-9,13-14H,2-5,10-12H2,1H3,(H,21,22). The highest BCUT2D eigenvalue weighted by molar-refractivity contribution is 5.92. The van der Waals surface area contributed by atoms with E-state index < -0.39 is 0 Å². The molecular formula is C19H24N4O2. The van der Waals surface area contributed by atoms with Crippen molar-refractivity contribution in [1.82, 2.24) is 14.9 Å². The van der Waals surface area contributed by atoms with Gasteiger partial charge in [-0.2, -0.15) is 0 Å². The Hall–Kier alpha value is -2.63. The molecule has 1 aromatic carbocycles. The maximum absolute atomic E-state index is 12.5. The number of aromatic nitrogens is 2. The number of ether oxygens (including phenoxy) is 1. The largest absolute Gasteiger partial charge is 0.497 e. The molecule has 1 saturated heterocycles. The number of likely N-dealkylation sites (tertiary alicyclic amines) is 1. The zero-order chi connectivity index (χ0) is 17.5. The van der Waals surface area contributed by atoms with E-state index in [-0.39, 0.29) is 5.91 Å². The van der Waals surface area contributed by atoms with Gasteiger partial charge in [0.05, 0.1) is 19.5 Å². The first-order chi connectivity index (χ1) is 12.3. The fraction of sp³-hybridized carbons (Fsp3) is 0.421. The monoisotopic (exact) mass is 340 g/mol. The van der Waals surface area contributed by atoms with Gasteiger partial charge in [0.25, 0.3) is 5.91 Å². The molecule has 1 aromatic heterocycles. The summed E-state index contributed by atoms with van der Waals surface area (Å²) < 4.78 is 5.15. The van der Waals surface area contributed by atoms with Gasteiger partial charge in [0.1, 0.15) is 17.3 Å². The number of methoxy groups -OCH3 is 1. The lowest BCUT2D eigenvalue weighted by atomic mass is 10.2. The van der Waals surface area contributed by atoms with Crippen molar-refractivity contribution >= 4 is 11.7 Å². The average molecular weight is 340 g/mol. The van der Waals surface area contributed by atoms with Crippen molar-refractivity contribution in [3.8, 4) is 5.75 Å². The summed E-state index contributed by atoms with van der Waals surface area (Å²) in [4.78, 5) is 23.0. The molecule has 1 aliphatic heterocycles. The van der Waals surface area contributed by atoms with Crippen molar-refractivity contribution in [3.63, 3.8) is 0 Å². The van der Waals surface area contributed by atoms with Crippen molar-refractivity contribution in [3.05, 3.63) is 47.9 Å². The molecule has 1 fully saturated rings. The molecule has 2 heterocycles. The first-order valence-corrected chi connectivity index (χ1v) is 8.74. The Morgan fingerprint density at radius 1 is 1.08 bits per heavy atom. The molecule has 0 unspecified atom stereocenters. The number of anilines is 1. The molecule has 0 aliphatic carbocycles. The zero-order valence-corrected chi connectivity index (χ0v) is 14.6. The number of nitrogens with one attached hydrogen (secondary N) is 1. The minimum absolute atomic E-state index is 0.0175. The Balaban J connectivity index is 1.56. The Labute approximate surface area is 148 Å². The summed E-state index contributed by atoms with van der Waals surface area (Å²) in [6.45, 7) is 2.27. The topological polar surface area (TPSA) is 67.3 Å². The van der Waals surface area contributed by atoms with Crippen LogP contribution in [0.1, 0.15) is 41.7 Å². The predicted octanol–water partition coefficient (Wildman–Crippen LogP) is 3.11. The third-order valence-electron chi connectivity index (χ3n) is 4.40. The van der Waals surface area contributed by atoms with E-state index in [4.69, 9.17) is 4.74 Å². The number of hydrogen-bond acceptors (Lipinski definition) is 5. The van der Waals surface area contributed by atoms with Crippen molar-refractivity contribution in [2.75, 3.05) is 25.5 Å². The van der Waals surface area contributed by atoms with E-state index >= 15 is 0 Å². The fourth-order valence-electron chi connectivity index (χ4n) is 2.90. The van der Waals surface area contributed by atoms with Gasteiger partial charge in [-0.15, -0.1) is 0 Å². The van der Waals surface area contributed by atoms with Gasteiger partial charge in [-0.3, -0.25) is 4.79 Å². The molecule has 1 amide bonds. The maximum atomic E-state index is 12.5. The van der Waals surface area contributed by atoms with Gasteiger partial charge < -0.3 is 15.0 Å². The van der Waals surface area contributed by atoms with Gasteiger partial charge in [-0.25, -0.2) is 9.97 Å². The highest BCUT2D eigenvalue weighted by Gasteiger charge is 2.18. The number of carbonyl (C=O) groups is 1. The molecule has 1 N–H and O–H groups in total. The maximum Gasteiger partial charge on any atom is 0.274 e. The highest BCUT2D eigenvalue weighted by Crippen LogP contribution is 2.14. The van der Waals surface area contributed by atoms with E-state index in [9.17, 15) is 4.79 Å². The predicted molar refractivity (Wildman–Crippen MR) is 96.7 cm³/mol. The minimum Gasteiger partial charge on any atom is -0.497 e. The third kappa shape index (κ3) is 4.68. The highest BCUT2D eigenvalue weighted by atomic mass is 16.5. The quantitative estimate of drug-likeness (QED) is 0.906. The van der Waals surface area contributed by atoms with E-state index in [1.807, 2.05) is 29.2 Å². The SMILES string of the molecule is COc1ccc(CNc2cnc(C(=O)N3CCCCCC3)cn2)cc1. The van der Waals surface area contributed by atoms with Crippen LogP contribution in [-0.4, -0.2) is 41.0 Å². The summed E-state index contributed by atoms with van der Waals surface area (Å²) in [5.41, 5.74) is 1.53. The normalized spacial score (nSPS) is 14.7. The van der Waals surface area contributed by atoms with Crippen LogP contribution in [0.3, 0.4) is 0 Å².